The van der Waals surface area contributed by atoms with Gasteiger partial charge in [-0.1, -0.05) is 36.4 Å². The van der Waals surface area contributed by atoms with Gasteiger partial charge in [0.1, 0.15) is 11.6 Å². The summed E-state index contributed by atoms with van der Waals surface area (Å²) in [5.74, 6) is -0.545. The third kappa shape index (κ3) is 3.38. The van der Waals surface area contributed by atoms with Crippen LogP contribution in [0.3, 0.4) is 0 Å². The third-order valence-corrected chi connectivity index (χ3v) is 2.80. The Hall–Kier alpha value is -2.22. The van der Waals surface area contributed by atoms with Gasteiger partial charge < -0.3 is 0 Å². The molecule has 2 heteroatoms. The van der Waals surface area contributed by atoms with Crippen LogP contribution in [0.25, 0.3) is 5.57 Å². The van der Waals surface area contributed by atoms with Gasteiger partial charge in [0, 0.05) is 0 Å². The summed E-state index contributed by atoms with van der Waals surface area (Å²) in [6.45, 7) is 3.68. The Kier molecular flexibility index (Phi) is 4.24. The van der Waals surface area contributed by atoms with Crippen molar-refractivity contribution in [2.45, 2.75) is 6.42 Å². The van der Waals surface area contributed by atoms with Gasteiger partial charge in [-0.3, -0.25) is 0 Å². The van der Waals surface area contributed by atoms with Crippen LogP contribution in [0.15, 0.2) is 67.3 Å². The highest BCUT2D eigenvalue weighted by molar-refractivity contribution is 5.79. The minimum absolute atomic E-state index is 0.272. The van der Waals surface area contributed by atoms with E-state index in [4.69, 9.17) is 0 Å². The number of benzene rings is 2. The van der Waals surface area contributed by atoms with Gasteiger partial charge >= 0.3 is 0 Å². The second-order valence-corrected chi connectivity index (χ2v) is 4.16. The maximum Gasteiger partial charge on any atom is 0.123 e. The molecule has 96 valence electrons. The Morgan fingerprint density at radius 2 is 1.26 bits per heavy atom. The molecule has 0 radical (unpaired) electrons. The van der Waals surface area contributed by atoms with Crippen molar-refractivity contribution < 1.29 is 8.78 Å². The van der Waals surface area contributed by atoms with Crippen LogP contribution in [0, 0.1) is 11.6 Å². The molecule has 0 aliphatic rings. The van der Waals surface area contributed by atoms with E-state index < -0.39 is 0 Å². The maximum atomic E-state index is 13.0. The summed E-state index contributed by atoms with van der Waals surface area (Å²) in [5.41, 5.74) is 2.74. The van der Waals surface area contributed by atoms with E-state index in [1.807, 2.05) is 6.08 Å². The van der Waals surface area contributed by atoms with Gasteiger partial charge in [-0.25, -0.2) is 8.78 Å². The lowest BCUT2D eigenvalue weighted by Crippen LogP contribution is -1.89. The first-order valence-electron chi connectivity index (χ1n) is 6.03. The predicted molar refractivity (Wildman–Crippen MR) is 74.7 cm³/mol. The molecule has 2 rings (SSSR count). The van der Waals surface area contributed by atoms with E-state index in [0.717, 1.165) is 16.7 Å². The van der Waals surface area contributed by atoms with Crippen molar-refractivity contribution in [1.82, 2.24) is 0 Å². The van der Waals surface area contributed by atoms with E-state index in [-0.39, 0.29) is 11.6 Å². The topological polar surface area (TPSA) is 0 Å². The summed E-state index contributed by atoms with van der Waals surface area (Å²) >= 11 is 0. The van der Waals surface area contributed by atoms with Crippen LogP contribution in [-0.4, -0.2) is 0 Å². The lowest BCUT2D eigenvalue weighted by Gasteiger charge is -2.08. The molecule has 0 amide bonds. The Bertz CT molecular complexity index is 530. The van der Waals surface area contributed by atoms with Gasteiger partial charge in [-0.2, -0.15) is 0 Å². The Morgan fingerprint density at radius 1 is 0.842 bits per heavy atom. The van der Waals surface area contributed by atoms with Gasteiger partial charge in [-0.05, 0) is 47.4 Å². The molecule has 2 aromatic carbocycles. The highest BCUT2D eigenvalue weighted by Gasteiger charge is 2.05. The number of hydrogen-bond donors (Lipinski definition) is 0. The molecule has 0 aromatic heterocycles. The molecule has 0 saturated heterocycles. The molecule has 0 atom stereocenters. The molecule has 0 fully saturated rings. The van der Waals surface area contributed by atoms with Crippen LogP contribution in [-0.2, 0) is 0 Å². The van der Waals surface area contributed by atoms with Gasteiger partial charge in [-0.15, -0.1) is 6.58 Å². The van der Waals surface area contributed by atoms with E-state index in [9.17, 15) is 8.78 Å². The lowest BCUT2D eigenvalue weighted by molar-refractivity contribution is 0.627. The van der Waals surface area contributed by atoms with E-state index >= 15 is 0 Å². The number of rotatable bonds is 4. The van der Waals surface area contributed by atoms with E-state index in [1.165, 1.54) is 24.3 Å². The number of allylic oxidation sites excluding steroid dienone is 2. The Labute approximate surface area is 111 Å². The highest BCUT2D eigenvalue weighted by atomic mass is 19.1. The summed E-state index contributed by atoms with van der Waals surface area (Å²) in [5, 5.41) is 0. The molecule has 2 aromatic rings. The van der Waals surface area contributed by atoms with Crippen LogP contribution in [0.2, 0.25) is 0 Å². The first-order chi connectivity index (χ1) is 9.20. The molecule has 0 aliphatic carbocycles. The lowest BCUT2D eigenvalue weighted by atomic mass is 9.97. The molecule has 0 spiro atoms. The molecule has 0 heterocycles. The zero-order chi connectivity index (χ0) is 13.7. The second-order valence-electron chi connectivity index (χ2n) is 4.16. The zero-order valence-electron chi connectivity index (χ0n) is 10.4. The monoisotopic (exact) mass is 256 g/mol. The second kappa shape index (κ2) is 6.10. The standard InChI is InChI=1S/C17H14F2/c1-2-3-4-17(13-5-9-15(18)10-6-13)14-7-11-16(19)12-8-14/h2,4-12H,1,3H2. The third-order valence-electron chi connectivity index (χ3n) is 2.80. The molecule has 0 nitrogen and oxygen atoms in total. The molecule has 19 heavy (non-hydrogen) atoms. The van der Waals surface area contributed by atoms with Crippen molar-refractivity contribution in [2.24, 2.45) is 0 Å². The molecular weight excluding hydrogens is 242 g/mol. The van der Waals surface area contributed by atoms with Crippen LogP contribution in [0.5, 0.6) is 0 Å². The molecular formula is C17H14F2. The van der Waals surface area contributed by atoms with Crippen molar-refractivity contribution in [3.63, 3.8) is 0 Å². The number of halogens is 2. The van der Waals surface area contributed by atoms with Crippen molar-refractivity contribution in [1.29, 1.82) is 0 Å². The smallest absolute Gasteiger partial charge is 0.123 e. The quantitative estimate of drug-likeness (QED) is 0.677. The Morgan fingerprint density at radius 3 is 1.63 bits per heavy atom. The summed E-state index contributed by atoms with van der Waals surface area (Å²) in [7, 11) is 0. The molecule has 0 bridgehead atoms. The first-order valence-corrected chi connectivity index (χ1v) is 6.03. The Balaban J connectivity index is 2.44. The van der Waals surface area contributed by atoms with E-state index in [2.05, 4.69) is 6.58 Å². The minimum atomic E-state index is -0.272. The fourth-order valence-corrected chi connectivity index (χ4v) is 1.86. The normalized spacial score (nSPS) is 10.0. The summed E-state index contributed by atoms with van der Waals surface area (Å²) in [6, 6.07) is 12.5. The molecule has 0 N–H and O–H groups in total. The summed E-state index contributed by atoms with van der Waals surface area (Å²) in [6.07, 6.45) is 4.48. The summed E-state index contributed by atoms with van der Waals surface area (Å²) in [4.78, 5) is 0. The molecule has 0 saturated carbocycles. The maximum absolute atomic E-state index is 13.0. The minimum Gasteiger partial charge on any atom is -0.207 e. The van der Waals surface area contributed by atoms with Crippen molar-refractivity contribution in [3.05, 3.63) is 90.0 Å². The zero-order valence-corrected chi connectivity index (χ0v) is 10.4. The van der Waals surface area contributed by atoms with E-state index in [1.54, 1.807) is 30.3 Å². The number of hydrogen-bond acceptors (Lipinski definition) is 0. The van der Waals surface area contributed by atoms with Crippen LogP contribution in [0.4, 0.5) is 8.78 Å². The van der Waals surface area contributed by atoms with Crippen LogP contribution in [0.1, 0.15) is 17.5 Å². The fraction of sp³-hybridized carbons (Fsp3) is 0.0588. The highest BCUT2D eigenvalue weighted by Crippen LogP contribution is 2.24. The predicted octanol–water partition coefficient (Wildman–Crippen LogP) is 4.97. The fourth-order valence-electron chi connectivity index (χ4n) is 1.86. The van der Waals surface area contributed by atoms with Gasteiger partial charge in [0.25, 0.3) is 0 Å². The van der Waals surface area contributed by atoms with Crippen molar-refractivity contribution >= 4 is 5.57 Å². The van der Waals surface area contributed by atoms with E-state index in [0.29, 0.717) is 6.42 Å². The van der Waals surface area contributed by atoms with Gasteiger partial charge in [0.2, 0.25) is 0 Å². The SMILES string of the molecule is C=CCC=C(c1ccc(F)cc1)c1ccc(F)cc1. The summed E-state index contributed by atoms with van der Waals surface area (Å²) < 4.78 is 25.9. The molecule has 0 aliphatic heterocycles. The van der Waals surface area contributed by atoms with Gasteiger partial charge in [0.15, 0.2) is 0 Å². The average molecular weight is 256 g/mol. The molecule has 0 unspecified atom stereocenters. The van der Waals surface area contributed by atoms with Crippen LogP contribution >= 0.6 is 0 Å². The van der Waals surface area contributed by atoms with Crippen molar-refractivity contribution in [2.75, 3.05) is 0 Å². The van der Waals surface area contributed by atoms with Gasteiger partial charge in [0.05, 0.1) is 0 Å². The van der Waals surface area contributed by atoms with Crippen molar-refractivity contribution in [3.8, 4) is 0 Å². The largest absolute Gasteiger partial charge is 0.207 e. The first kappa shape index (κ1) is 13.2. The average Bonchev–Trinajstić information content (AvgIpc) is 2.43. The van der Waals surface area contributed by atoms with Crippen LogP contribution < -0.4 is 0 Å².